The Morgan fingerprint density at radius 2 is 2.18 bits per heavy atom. The number of amidine groups is 1. The third-order valence-electron chi connectivity index (χ3n) is 3.30. The third kappa shape index (κ3) is 2.20. The summed E-state index contributed by atoms with van der Waals surface area (Å²) in [5, 5.41) is 14.1. The van der Waals surface area contributed by atoms with Gasteiger partial charge in [0, 0.05) is 5.75 Å². The Balaban J connectivity index is 1.72. The highest BCUT2D eigenvalue weighted by atomic mass is 32.2. The van der Waals surface area contributed by atoms with Gasteiger partial charge < -0.3 is 5.32 Å². The van der Waals surface area contributed by atoms with E-state index in [2.05, 4.69) is 11.4 Å². The second kappa shape index (κ2) is 4.35. The summed E-state index contributed by atoms with van der Waals surface area (Å²) in [5.74, 6) is 1.12. The molecule has 0 amide bonds. The molecular weight excluding hydrogens is 250 g/mol. The summed E-state index contributed by atoms with van der Waals surface area (Å²) in [6, 6.07) is 5.95. The number of hydrogen-bond donors (Lipinski definition) is 1. The van der Waals surface area contributed by atoms with Crippen molar-refractivity contribution in [3.63, 3.8) is 0 Å². The summed E-state index contributed by atoms with van der Waals surface area (Å²) in [6.07, 6.45) is 5.10. The molecule has 0 aromatic carbocycles. The molecule has 1 spiro atoms. The molecule has 1 aromatic heterocycles. The van der Waals surface area contributed by atoms with Gasteiger partial charge in [-0.1, -0.05) is 24.6 Å². The number of nitrogens with zero attached hydrogens (tertiary/aromatic N) is 2. The van der Waals surface area contributed by atoms with Gasteiger partial charge in [0.1, 0.15) is 10.9 Å². The monoisotopic (exact) mass is 263 g/mol. The molecule has 0 radical (unpaired) electrons. The highest BCUT2D eigenvalue weighted by molar-refractivity contribution is 8.14. The quantitative estimate of drug-likeness (QED) is 0.844. The molecule has 0 unspecified atom stereocenters. The normalized spacial score (nSPS) is 21.5. The van der Waals surface area contributed by atoms with Crippen molar-refractivity contribution < 1.29 is 0 Å². The lowest BCUT2D eigenvalue weighted by Crippen LogP contribution is -2.21. The highest BCUT2D eigenvalue weighted by Gasteiger charge is 2.38. The maximum absolute atomic E-state index is 8.78. The Kier molecular flexibility index (Phi) is 2.85. The molecule has 1 saturated carbocycles. The van der Waals surface area contributed by atoms with E-state index in [0.717, 1.165) is 20.8 Å². The minimum atomic E-state index is 0.225. The van der Waals surface area contributed by atoms with Crippen molar-refractivity contribution in [3.8, 4) is 6.07 Å². The summed E-state index contributed by atoms with van der Waals surface area (Å²) in [5.41, 5.74) is 0.225. The van der Waals surface area contributed by atoms with Gasteiger partial charge >= 0.3 is 0 Å². The first-order chi connectivity index (χ1) is 8.30. The Bertz CT molecular complexity index is 492. The van der Waals surface area contributed by atoms with Gasteiger partial charge in [0.15, 0.2) is 5.17 Å². The molecule has 88 valence electrons. The third-order valence-corrected chi connectivity index (χ3v) is 5.35. The van der Waals surface area contributed by atoms with Crippen LogP contribution in [0.3, 0.4) is 0 Å². The van der Waals surface area contributed by atoms with Crippen LogP contribution in [-0.2, 0) is 0 Å². The number of nitriles is 1. The Morgan fingerprint density at radius 1 is 1.35 bits per heavy atom. The predicted molar refractivity (Wildman–Crippen MR) is 73.7 cm³/mol. The van der Waals surface area contributed by atoms with Gasteiger partial charge in [-0.2, -0.15) is 5.26 Å². The van der Waals surface area contributed by atoms with E-state index in [-0.39, 0.29) is 5.54 Å². The van der Waals surface area contributed by atoms with Gasteiger partial charge in [0.05, 0.1) is 10.5 Å². The van der Waals surface area contributed by atoms with Gasteiger partial charge in [0.25, 0.3) is 0 Å². The fourth-order valence-corrected chi connectivity index (χ4v) is 4.37. The van der Waals surface area contributed by atoms with Crippen molar-refractivity contribution >= 4 is 33.3 Å². The minimum absolute atomic E-state index is 0.225. The molecule has 1 aromatic rings. The molecule has 1 aliphatic carbocycles. The zero-order chi connectivity index (χ0) is 11.7. The van der Waals surface area contributed by atoms with Gasteiger partial charge in [-0.15, -0.1) is 11.3 Å². The molecule has 17 heavy (non-hydrogen) atoms. The van der Waals surface area contributed by atoms with Crippen LogP contribution in [-0.4, -0.2) is 16.5 Å². The van der Waals surface area contributed by atoms with Crippen LogP contribution < -0.4 is 5.32 Å². The van der Waals surface area contributed by atoms with Crippen LogP contribution in [0, 0.1) is 11.3 Å². The van der Waals surface area contributed by atoms with E-state index in [1.807, 2.05) is 23.9 Å². The van der Waals surface area contributed by atoms with E-state index in [1.54, 1.807) is 0 Å². The second-order valence-corrected chi connectivity index (χ2v) is 6.59. The largest absolute Gasteiger partial charge is 0.327 e. The maximum Gasteiger partial charge on any atom is 0.162 e. The lowest BCUT2D eigenvalue weighted by Gasteiger charge is -2.16. The van der Waals surface area contributed by atoms with Crippen LogP contribution in [0.2, 0.25) is 0 Å². The summed E-state index contributed by atoms with van der Waals surface area (Å²) in [7, 11) is 0. The second-order valence-electron chi connectivity index (χ2n) is 4.54. The fourth-order valence-electron chi connectivity index (χ4n) is 2.41. The zero-order valence-corrected chi connectivity index (χ0v) is 11.0. The SMILES string of the molecule is N#Cc1ccc(NC2=NC3(CCCC3)CS2)s1. The molecule has 1 aliphatic heterocycles. The zero-order valence-electron chi connectivity index (χ0n) is 9.40. The van der Waals surface area contributed by atoms with Crippen molar-refractivity contribution in [1.82, 2.24) is 0 Å². The fraction of sp³-hybridized carbons (Fsp3) is 0.500. The van der Waals surface area contributed by atoms with Crippen molar-refractivity contribution in [2.24, 2.45) is 4.99 Å². The molecule has 3 nitrogen and oxygen atoms in total. The molecule has 0 saturated heterocycles. The van der Waals surface area contributed by atoms with E-state index in [1.165, 1.54) is 37.0 Å². The Labute approximate surface area is 109 Å². The average molecular weight is 263 g/mol. The first-order valence-electron chi connectivity index (χ1n) is 5.79. The average Bonchev–Trinajstić information content (AvgIpc) is 3.03. The summed E-state index contributed by atoms with van der Waals surface area (Å²) >= 11 is 3.30. The van der Waals surface area contributed by atoms with Crippen LogP contribution in [0.15, 0.2) is 17.1 Å². The molecule has 0 bridgehead atoms. The predicted octanol–water partition coefficient (Wildman–Crippen LogP) is 3.45. The van der Waals surface area contributed by atoms with Crippen molar-refractivity contribution in [3.05, 3.63) is 17.0 Å². The van der Waals surface area contributed by atoms with Crippen LogP contribution in [0.1, 0.15) is 30.6 Å². The van der Waals surface area contributed by atoms with Crippen molar-refractivity contribution in [1.29, 1.82) is 5.26 Å². The van der Waals surface area contributed by atoms with E-state index < -0.39 is 0 Å². The van der Waals surface area contributed by atoms with Crippen LogP contribution in [0.4, 0.5) is 5.00 Å². The molecule has 3 rings (SSSR count). The van der Waals surface area contributed by atoms with E-state index in [4.69, 9.17) is 10.3 Å². The van der Waals surface area contributed by atoms with E-state index in [9.17, 15) is 0 Å². The number of anilines is 1. The summed E-state index contributed by atoms with van der Waals surface area (Å²) < 4.78 is 0. The van der Waals surface area contributed by atoms with E-state index >= 15 is 0 Å². The lowest BCUT2D eigenvalue weighted by molar-refractivity contribution is 0.508. The number of thioether (sulfide) groups is 1. The molecule has 5 heteroatoms. The first-order valence-corrected chi connectivity index (χ1v) is 7.60. The van der Waals surface area contributed by atoms with Crippen molar-refractivity contribution in [2.45, 2.75) is 31.2 Å². The molecule has 2 heterocycles. The first kappa shape index (κ1) is 11.1. The number of nitrogens with one attached hydrogen (secondary N) is 1. The maximum atomic E-state index is 8.78. The van der Waals surface area contributed by atoms with E-state index in [0.29, 0.717) is 0 Å². The molecule has 1 N–H and O–H groups in total. The summed E-state index contributed by atoms with van der Waals surface area (Å²) in [6.45, 7) is 0. The smallest absolute Gasteiger partial charge is 0.162 e. The van der Waals surface area contributed by atoms with Gasteiger partial charge in [0.2, 0.25) is 0 Å². The summed E-state index contributed by atoms with van der Waals surface area (Å²) in [4.78, 5) is 5.58. The molecule has 2 aliphatic rings. The van der Waals surface area contributed by atoms with Crippen LogP contribution >= 0.6 is 23.1 Å². The van der Waals surface area contributed by atoms with Crippen LogP contribution in [0.25, 0.3) is 0 Å². The Morgan fingerprint density at radius 3 is 2.88 bits per heavy atom. The number of thiophene rings is 1. The van der Waals surface area contributed by atoms with Crippen molar-refractivity contribution in [2.75, 3.05) is 11.1 Å². The van der Waals surface area contributed by atoms with Gasteiger partial charge in [-0.3, -0.25) is 4.99 Å². The number of aliphatic imine (C=N–C) groups is 1. The Hall–Kier alpha value is -0.990. The van der Waals surface area contributed by atoms with Gasteiger partial charge in [-0.25, -0.2) is 0 Å². The number of hydrogen-bond acceptors (Lipinski definition) is 5. The van der Waals surface area contributed by atoms with Crippen LogP contribution in [0.5, 0.6) is 0 Å². The lowest BCUT2D eigenvalue weighted by atomic mass is 10.0. The highest BCUT2D eigenvalue weighted by Crippen LogP contribution is 2.41. The molecule has 0 atom stereocenters. The van der Waals surface area contributed by atoms with Gasteiger partial charge in [-0.05, 0) is 25.0 Å². The molecular formula is C12H13N3S2. The molecule has 1 fully saturated rings. The minimum Gasteiger partial charge on any atom is -0.327 e. The topological polar surface area (TPSA) is 48.2 Å². The number of rotatable bonds is 1. The standard InChI is InChI=1S/C12H13N3S2/c13-7-9-3-4-10(17-9)14-11-15-12(8-16-11)5-1-2-6-12/h3-4H,1-2,5-6,8H2,(H,14,15).